The van der Waals surface area contributed by atoms with Crippen molar-refractivity contribution in [1.29, 1.82) is 0 Å². The first-order valence-electron chi connectivity index (χ1n) is 4.96. The summed E-state index contributed by atoms with van der Waals surface area (Å²) in [5, 5.41) is 12.6. The van der Waals surface area contributed by atoms with E-state index in [1.165, 1.54) is 4.68 Å². The second-order valence-electron chi connectivity index (χ2n) is 3.69. The van der Waals surface area contributed by atoms with Gasteiger partial charge in [0, 0.05) is 0 Å². The van der Waals surface area contributed by atoms with Crippen LogP contribution in [-0.2, 0) is 18.0 Å². The summed E-state index contributed by atoms with van der Waals surface area (Å²) in [5.41, 5.74) is 1.73. The third kappa shape index (κ3) is 1.18. The summed E-state index contributed by atoms with van der Waals surface area (Å²) in [4.78, 5) is 12.0. The van der Waals surface area contributed by atoms with E-state index >= 15 is 0 Å². The number of H-pyrrole nitrogens is 1. The highest BCUT2D eigenvalue weighted by molar-refractivity contribution is 5.45. The van der Waals surface area contributed by atoms with Gasteiger partial charge >= 0.3 is 0 Å². The highest BCUT2D eigenvalue weighted by Crippen LogP contribution is 2.21. The number of phenols is 1. The molecule has 1 aliphatic rings. The maximum absolute atomic E-state index is 12.0. The fraction of sp³-hybridized carbons (Fsp3) is 0.182. The van der Waals surface area contributed by atoms with E-state index in [9.17, 15) is 9.90 Å². The van der Waals surface area contributed by atoms with E-state index in [2.05, 4.69) is 5.10 Å². The molecule has 0 aliphatic carbocycles. The van der Waals surface area contributed by atoms with Crippen LogP contribution in [0.3, 0.4) is 0 Å². The summed E-state index contributed by atoms with van der Waals surface area (Å²) in [7, 11) is 0. The lowest BCUT2D eigenvalue weighted by Gasteiger charge is -2.04. The van der Waals surface area contributed by atoms with Crippen molar-refractivity contribution in [2.75, 3.05) is 0 Å². The monoisotopic (exact) mass is 218 g/mol. The van der Waals surface area contributed by atoms with Crippen molar-refractivity contribution >= 4 is 0 Å². The van der Waals surface area contributed by atoms with Crippen LogP contribution in [0, 0.1) is 0 Å². The van der Waals surface area contributed by atoms with Crippen molar-refractivity contribution in [2.24, 2.45) is 0 Å². The molecule has 1 aliphatic heterocycles. The van der Waals surface area contributed by atoms with E-state index in [-0.39, 0.29) is 11.3 Å². The van der Waals surface area contributed by atoms with Crippen molar-refractivity contribution in [3.8, 4) is 11.4 Å². The molecule has 0 fully saturated rings. The molecule has 82 valence electrons. The Hall–Kier alpha value is -2.01. The van der Waals surface area contributed by atoms with Gasteiger partial charge in [-0.15, -0.1) is 0 Å². The Balaban J connectivity index is 2.22. The summed E-state index contributed by atoms with van der Waals surface area (Å²) >= 11 is 0. The molecule has 0 amide bonds. The minimum absolute atomic E-state index is 0.0745. The molecule has 3 rings (SSSR count). The van der Waals surface area contributed by atoms with Gasteiger partial charge in [0.2, 0.25) is 0 Å². The van der Waals surface area contributed by atoms with Crippen LogP contribution in [0.15, 0.2) is 29.1 Å². The maximum Gasteiger partial charge on any atom is 0.277 e. The third-order valence-corrected chi connectivity index (χ3v) is 2.69. The Morgan fingerprint density at radius 2 is 2.12 bits per heavy atom. The lowest BCUT2D eigenvalue weighted by molar-refractivity contribution is 0.130. The van der Waals surface area contributed by atoms with Crippen LogP contribution in [0.5, 0.6) is 5.75 Å². The zero-order valence-corrected chi connectivity index (χ0v) is 8.43. The molecule has 5 heteroatoms. The zero-order chi connectivity index (χ0) is 11.1. The Kier molecular flexibility index (Phi) is 1.87. The molecule has 2 N–H and O–H groups in total. The molecule has 1 aromatic carbocycles. The van der Waals surface area contributed by atoms with E-state index in [4.69, 9.17) is 4.74 Å². The normalized spacial score (nSPS) is 14.0. The number of aromatic amines is 1. The van der Waals surface area contributed by atoms with Crippen molar-refractivity contribution in [3.05, 3.63) is 45.9 Å². The number of nitrogens with one attached hydrogen (secondary N) is 1. The van der Waals surface area contributed by atoms with Gasteiger partial charge in [0.1, 0.15) is 11.4 Å². The molecule has 0 atom stereocenters. The summed E-state index contributed by atoms with van der Waals surface area (Å²) in [5.74, 6) is 0.0745. The van der Waals surface area contributed by atoms with Crippen LogP contribution < -0.4 is 5.56 Å². The molecule has 0 bridgehead atoms. The number of phenolic OH excluding ortho intramolecular Hbond substituents is 1. The molecule has 0 saturated carbocycles. The van der Waals surface area contributed by atoms with Crippen molar-refractivity contribution < 1.29 is 9.84 Å². The second kappa shape index (κ2) is 3.24. The fourth-order valence-corrected chi connectivity index (χ4v) is 1.86. The fourth-order valence-electron chi connectivity index (χ4n) is 1.86. The largest absolute Gasteiger partial charge is 0.506 e. The summed E-state index contributed by atoms with van der Waals surface area (Å²) in [6.07, 6.45) is 0. The van der Waals surface area contributed by atoms with E-state index < -0.39 is 0 Å². The number of nitrogens with zero attached hydrogens (tertiary/aromatic N) is 1. The van der Waals surface area contributed by atoms with Gasteiger partial charge < -0.3 is 9.84 Å². The predicted molar refractivity (Wildman–Crippen MR) is 56.5 cm³/mol. The minimum Gasteiger partial charge on any atom is -0.506 e. The lowest BCUT2D eigenvalue weighted by atomic mass is 10.3. The van der Waals surface area contributed by atoms with Gasteiger partial charge in [-0.1, -0.05) is 12.1 Å². The van der Waals surface area contributed by atoms with Gasteiger partial charge in [0.25, 0.3) is 5.56 Å². The summed E-state index contributed by atoms with van der Waals surface area (Å²) < 4.78 is 6.50. The molecule has 2 aromatic rings. The second-order valence-corrected chi connectivity index (χ2v) is 3.69. The number of para-hydroxylation sites is 2. The molecular weight excluding hydrogens is 208 g/mol. The van der Waals surface area contributed by atoms with Crippen molar-refractivity contribution in [3.63, 3.8) is 0 Å². The van der Waals surface area contributed by atoms with Crippen molar-refractivity contribution in [1.82, 2.24) is 9.78 Å². The molecular formula is C11H10N2O3. The number of hydrogen-bond acceptors (Lipinski definition) is 3. The van der Waals surface area contributed by atoms with Crippen molar-refractivity contribution in [2.45, 2.75) is 13.2 Å². The van der Waals surface area contributed by atoms with Gasteiger partial charge in [-0.2, -0.15) is 0 Å². The van der Waals surface area contributed by atoms with Crippen LogP contribution in [0.25, 0.3) is 5.69 Å². The average Bonchev–Trinajstić information content (AvgIpc) is 2.83. The average molecular weight is 218 g/mol. The topological polar surface area (TPSA) is 67.2 Å². The Morgan fingerprint density at radius 3 is 2.88 bits per heavy atom. The van der Waals surface area contributed by atoms with E-state index in [1.54, 1.807) is 24.3 Å². The quantitative estimate of drug-likeness (QED) is 0.747. The number of aromatic nitrogens is 2. The van der Waals surface area contributed by atoms with Crippen LogP contribution in [-0.4, -0.2) is 14.9 Å². The van der Waals surface area contributed by atoms with E-state index in [0.717, 1.165) is 5.69 Å². The molecule has 0 radical (unpaired) electrons. The first-order chi connectivity index (χ1) is 7.77. The number of hydrogen-bond donors (Lipinski definition) is 2. The number of aromatic hydroxyl groups is 1. The van der Waals surface area contributed by atoms with Gasteiger partial charge in [0.05, 0.1) is 24.5 Å². The van der Waals surface area contributed by atoms with Gasteiger partial charge in [-0.25, -0.2) is 4.68 Å². The number of ether oxygens (including phenoxy) is 1. The molecule has 0 spiro atoms. The van der Waals surface area contributed by atoms with Crippen LogP contribution in [0.4, 0.5) is 0 Å². The highest BCUT2D eigenvalue weighted by atomic mass is 16.5. The first kappa shape index (κ1) is 9.23. The number of rotatable bonds is 1. The zero-order valence-electron chi connectivity index (χ0n) is 8.43. The van der Waals surface area contributed by atoms with Crippen LogP contribution >= 0.6 is 0 Å². The Morgan fingerprint density at radius 1 is 1.31 bits per heavy atom. The molecule has 1 aromatic heterocycles. The van der Waals surface area contributed by atoms with Gasteiger partial charge in [0.15, 0.2) is 0 Å². The third-order valence-electron chi connectivity index (χ3n) is 2.69. The lowest BCUT2D eigenvalue weighted by Crippen LogP contribution is -2.17. The Bertz CT molecular complexity index is 598. The molecule has 16 heavy (non-hydrogen) atoms. The smallest absolute Gasteiger partial charge is 0.277 e. The summed E-state index contributed by atoms with van der Waals surface area (Å²) in [6.45, 7) is 0.760. The highest BCUT2D eigenvalue weighted by Gasteiger charge is 2.21. The first-order valence-corrected chi connectivity index (χ1v) is 4.96. The van der Waals surface area contributed by atoms with Gasteiger partial charge in [-0.05, 0) is 12.1 Å². The molecule has 0 unspecified atom stereocenters. The van der Waals surface area contributed by atoms with E-state index in [0.29, 0.717) is 24.5 Å². The van der Waals surface area contributed by atoms with Gasteiger partial charge in [-0.3, -0.25) is 9.89 Å². The molecule has 0 saturated heterocycles. The summed E-state index contributed by atoms with van der Waals surface area (Å²) in [6, 6.07) is 6.71. The molecule has 5 nitrogen and oxygen atoms in total. The molecule has 2 heterocycles. The van der Waals surface area contributed by atoms with Crippen LogP contribution in [0.2, 0.25) is 0 Å². The number of fused-ring (bicyclic) bond motifs is 1. The maximum atomic E-state index is 12.0. The SMILES string of the molecule is O=c1c2c([nH]n1-c1ccccc1O)COC2. The predicted octanol–water partition coefficient (Wildman–Crippen LogP) is 0.901. The Labute approximate surface area is 90.9 Å². The van der Waals surface area contributed by atoms with Crippen LogP contribution in [0.1, 0.15) is 11.3 Å². The minimum atomic E-state index is -0.158. The standard InChI is InChI=1S/C11H10N2O3/c14-10-4-2-1-3-9(10)13-11(15)7-5-16-6-8(7)12-13/h1-4,12,14H,5-6H2. The van der Waals surface area contributed by atoms with E-state index in [1.807, 2.05) is 0 Å². The number of benzene rings is 1.